The van der Waals surface area contributed by atoms with Crippen molar-refractivity contribution >= 4 is 48.8 Å². The molecule has 0 aliphatic rings. The first-order chi connectivity index (χ1) is 13.3. The largest absolute Gasteiger partial charge is 0.398 e. The molecule has 1 nitrogen and oxygen atoms in total. The van der Waals surface area contributed by atoms with Crippen molar-refractivity contribution in [3.8, 4) is 0 Å². The van der Waals surface area contributed by atoms with Crippen LogP contribution in [0, 0.1) is 0 Å². The zero-order chi connectivity index (χ0) is 18.4. The number of nitrogen functional groups attached to an aromatic ring is 1. The zero-order valence-electron chi connectivity index (χ0n) is 15.9. The lowest BCUT2D eigenvalue weighted by molar-refractivity contribution is 0.668. The molecule has 5 rings (SSSR count). The quantitative estimate of drug-likeness (QED) is 0.151. The predicted molar refractivity (Wildman–Crippen MR) is 120 cm³/mol. The van der Waals surface area contributed by atoms with Gasteiger partial charge >= 0.3 is 0 Å². The lowest BCUT2D eigenvalue weighted by atomic mass is 9.87. The topological polar surface area (TPSA) is 26.0 Å². The molecule has 5 aromatic rings. The van der Waals surface area contributed by atoms with E-state index in [1.54, 1.807) is 0 Å². The van der Waals surface area contributed by atoms with Crippen LogP contribution in [-0.4, -0.2) is 0 Å². The van der Waals surface area contributed by atoms with Crippen LogP contribution in [0.25, 0.3) is 43.1 Å². The summed E-state index contributed by atoms with van der Waals surface area (Å²) in [6.07, 6.45) is 6.12. The first kappa shape index (κ1) is 16.4. The lowest BCUT2D eigenvalue weighted by Crippen LogP contribution is -1.98. The molecule has 134 valence electrons. The molecule has 0 fully saturated rings. The summed E-state index contributed by atoms with van der Waals surface area (Å²) in [5, 5.41) is 10.6. The summed E-state index contributed by atoms with van der Waals surface area (Å²) in [6.45, 7) is 2.26. The molecule has 0 atom stereocenters. The summed E-state index contributed by atoms with van der Waals surface area (Å²) in [4.78, 5) is 0. The zero-order valence-corrected chi connectivity index (χ0v) is 15.9. The van der Waals surface area contributed by atoms with Crippen LogP contribution >= 0.6 is 0 Å². The molecular formula is C26H25N. The second-order valence-corrected chi connectivity index (χ2v) is 7.74. The van der Waals surface area contributed by atoms with E-state index in [2.05, 4.69) is 67.6 Å². The molecule has 0 amide bonds. The highest BCUT2D eigenvalue weighted by Gasteiger charge is 2.15. The molecule has 0 aliphatic heterocycles. The Hall–Kier alpha value is -2.80. The van der Waals surface area contributed by atoms with E-state index in [1.165, 1.54) is 74.3 Å². The van der Waals surface area contributed by atoms with Crippen molar-refractivity contribution in [2.75, 3.05) is 5.73 Å². The molecule has 0 saturated carbocycles. The van der Waals surface area contributed by atoms with E-state index in [-0.39, 0.29) is 0 Å². The molecule has 0 aliphatic carbocycles. The Morgan fingerprint density at radius 2 is 1.30 bits per heavy atom. The summed E-state index contributed by atoms with van der Waals surface area (Å²) >= 11 is 0. The Kier molecular flexibility index (Phi) is 3.89. The molecule has 0 unspecified atom stereocenters. The highest BCUT2D eigenvalue weighted by atomic mass is 14.6. The third kappa shape index (κ3) is 2.45. The first-order valence-corrected chi connectivity index (χ1v) is 10.2. The summed E-state index contributed by atoms with van der Waals surface area (Å²) in [5.74, 6) is 0. The van der Waals surface area contributed by atoms with Crippen molar-refractivity contribution in [2.45, 2.75) is 39.0 Å². The lowest BCUT2D eigenvalue weighted by Gasteiger charge is -2.17. The Labute approximate surface area is 160 Å². The maximum absolute atomic E-state index is 6.67. The van der Waals surface area contributed by atoms with Gasteiger partial charge in [-0.05, 0) is 62.2 Å². The summed E-state index contributed by atoms with van der Waals surface area (Å²) in [5.41, 5.74) is 8.95. The van der Waals surface area contributed by atoms with Crippen LogP contribution in [0.1, 0.15) is 38.2 Å². The summed E-state index contributed by atoms with van der Waals surface area (Å²) < 4.78 is 0. The van der Waals surface area contributed by atoms with Crippen molar-refractivity contribution in [1.82, 2.24) is 0 Å². The van der Waals surface area contributed by atoms with Crippen molar-refractivity contribution in [3.05, 3.63) is 66.2 Å². The van der Waals surface area contributed by atoms with Gasteiger partial charge in [0, 0.05) is 11.1 Å². The number of nitrogens with two attached hydrogens (primary N) is 1. The van der Waals surface area contributed by atoms with E-state index in [1.807, 2.05) is 0 Å². The molecule has 0 aromatic heterocycles. The fourth-order valence-electron chi connectivity index (χ4n) is 4.74. The van der Waals surface area contributed by atoms with Gasteiger partial charge in [0.25, 0.3) is 0 Å². The second kappa shape index (κ2) is 6.42. The minimum absolute atomic E-state index is 0.971. The third-order valence-corrected chi connectivity index (χ3v) is 6.07. The molecule has 0 bridgehead atoms. The minimum Gasteiger partial charge on any atom is -0.398 e. The monoisotopic (exact) mass is 351 g/mol. The van der Waals surface area contributed by atoms with Crippen LogP contribution < -0.4 is 5.73 Å². The maximum atomic E-state index is 6.67. The molecule has 0 saturated heterocycles. The highest BCUT2D eigenvalue weighted by molar-refractivity contribution is 6.34. The van der Waals surface area contributed by atoms with E-state index >= 15 is 0 Å². The van der Waals surface area contributed by atoms with Gasteiger partial charge in [0.05, 0.1) is 0 Å². The smallest absolute Gasteiger partial charge is 0.0426 e. The predicted octanol–water partition coefficient (Wildman–Crippen LogP) is 7.44. The van der Waals surface area contributed by atoms with Crippen LogP contribution in [0.4, 0.5) is 5.69 Å². The van der Waals surface area contributed by atoms with Gasteiger partial charge in [0.2, 0.25) is 0 Å². The van der Waals surface area contributed by atoms with E-state index in [4.69, 9.17) is 5.73 Å². The number of unbranched alkanes of at least 4 members (excludes halogenated alkanes) is 3. The Morgan fingerprint density at radius 1 is 0.667 bits per heavy atom. The standard InChI is InChI=1S/C26H25N/c1-2-3-4-5-9-18-16-23-21-13-7-11-17-10-6-12-19(24(17)21)20-14-8-15-22(25(20)23)26(18)27/h6-8,10-16H,2-5,9,27H2,1H3. The summed E-state index contributed by atoms with van der Waals surface area (Å²) in [7, 11) is 0. The fraction of sp³-hybridized carbons (Fsp3) is 0.231. The van der Waals surface area contributed by atoms with Crippen LogP contribution in [0.15, 0.2) is 60.7 Å². The molecular weight excluding hydrogens is 326 g/mol. The van der Waals surface area contributed by atoms with E-state index < -0.39 is 0 Å². The van der Waals surface area contributed by atoms with Gasteiger partial charge in [0.1, 0.15) is 0 Å². The normalized spacial score (nSPS) is 12.0. The number of fused-ring (bicyclic) bond motifs is 2. The third-order valence-electron chi connectivity index (χ3n) is 6.07. The molecule has 0 heterocycles. The van der Waals surface area contributed by atoms with Gasteiger partial charge in [-0.2, -0.15) is 0 Å². The fourth-order valence-corrected chi connectivity index (χ4v) is 4.74. The number of aryl methyl sites for hydroxylation is 1. The average molecular weight is 351 g/mol. The molecule has 0 radical (unpaired) electrons. The van der Waals surface area contributed by atoms with E-state index in [0.717, 1.165) is 12.1 Å². The van der Waals surface area contributed by atoms with Crippen LogP contribution in [-0.2, 0) is 6.42 Å². The molecule has 2 N–H and O–H groups in total. The van der Waals surface area contributed by atoms with E-state index in [9.17, 15) is 0 Å². The number of hydrogen-bond donors (Lipinski definition) is 1. The van der Waals surface area contributed by atoms with Crippen molar-refractivity contribution in [3.63, 3.8) is 0 Å². The molecule has 0 spiro atoms. The summed E-state index contributed by atoms with van der Waals surface area (Å²) in [6, 6.07) is 22.3. The van der Waals surface area contributed by atoms with Crippen LogP contribution in [0.3, 0.4) is 0 Å². The van der Waals surface area contributed by atoms with E-state index in [0.29, 0.717) is 0 Å². The maximum Gasteiger partial charge on any atom is 0.0426 e. The average Bonchev–Trinajstić information content (AvgIpc) is 2.71. The Balaban J connectivity index is 1.86. The van der Waals surface area contributed by atoms with Gasteiger partial charge in [-0.25, -0.2) is 0 Å². The Bertz CT molecular complexity index is 1260. The number of benzene rings is 5. The Morgan fingerprint density at radius 3 is 2.04 bits per heavy atom. The van der Waals surface area contributed by atoms with Crippen molar-refractivity contribution < 1.29 is 0 Å². The van der Waals surface area contributed by atoms with Gasteiger partial charge < -0.3 is 5.73 Å². The minimum atomic E-state index is 0.971. The molecule has 27 heavy (non-hydrogen) atoms. The number of hydrogen-bond acceptors (Lipinski definition) is 1. The SMILES string of the molecule is CCCCCCc1cc2c3cccc4cccc(c5cccc(c1N)c52)c43. The van der Waals surface area contributed by atoms with Crippen molar-refractivity contribution in [2.24, 2.45) is 0 Å². The van der Waals surface area contributed by atoms with Gasteiger partial charge in [0.15, 0.2) is 0 Å². The van der Waals surface area contributed by atoms with Gasteiger partial charge in [-0.15, -0.1) is 0 Å². The van der Waals surface area contributed by atoms with Crippen LogP contribution in [0.2, 0.25) is 0 Å². The van der Waals surface area contributed by atoms with Crippen molar-refractivity contribution in [1.29, 1.82) is 0 Å². The molecule has 1 heteroatoms. The second-order valence-electron chi connectivity index (χ2n) is 7.74. The number of anilines is 1. The first-order valence-electron chi connectivity index (χ1n) is 10.2. The number of rotatable bonds is 5. The van der Waals surface area contributed by atoms with Gasteiger partial charge in [-0.3, -0.25) is 0 Å². The van der Waals surface area contributed by atoms with Gasteiger partial charge in [-0.1, -0.05) is 80.8 Å². The molecule has 5 aromatic carbocycles. The van der Waals surface area contributed by atoms with Crippen LogP contribution in [0.5, 0.6) is 0 Å². The highest BCUT2D eigenvalue weighted by Crippen LogP contribution is 2.42.